The van der Waals surface area contributed by atoms with Crippen LogP contribution in [0.1, 0.15) is 47.7 Å². The van der Waals surface area contributed by atoms with Gasteiger partial charge in [-0.2, -0.15) is 13.2 Å². The molecule has 0 bridgehead atoms. The van der Waals surface area contributed by atoms with E-state index >= 15 is 0 Å². The molecule has 134 valence electrons. The summed E-state index contributed by atoms with van der Waals surface area (Å²) in [5.74, 6) is -0.462. The first-order chi connectivity index (χ1) is 11.8. The van der Waals surface area contributed by atoms with Crippen LogP contribution in [0.2, 0.25) is 5.02 Å². The largest absolute Gasteiger partial charge is 0.417 e. The Bertz CT molecular complexity index is 726. The van der Waals surface area contributed by atoms with Crippen LogP contribution in [0, 0.1) is 0 Å². The highest BCUT2D eigenvalue weighted by Crippen LogP contribution is 2.36. The van der Waals surface area contributed by atoms with Crippen LogP contribution in [0.4, 0.5) is 18.9 Å². The molecule has 25 heavy (non-hydrogen) atoms. The highest BCUT2D eigenvalue weighted by Gasteiger charge is 2.33. The van der Waals surface area contributed by atoms with Crippen LogP contribution in [0.15, 0.2) is 42.5 Å². The Morgan fingerprint density at radius 2 is 1.76 bits per heavy atom. The Morgan fingerprint density at radius 3 is 2.36 bits per heavy atom. The summed E-state index contributed by atoms with van der Waals surface area (Å²) in [5.41, 5.74) is 0.602. The molecule has 1 amide bonds. The second-order valence-corrected chi connectivity index (χ2v) is 6.21. The van der Waals surface area contributed by atoms with Crippen molar-refractivity contribution < 1.29 is 18.0 Å². The number of hydrogen-bond donors (Lipinski definition) is 1. The van der Waals surface area contributed by atoms with Crippen LogP contribution in [-0.4, -0.2) is 5.91 Å². The minimum Gasteiger partial charge on any atom is -0.322 e. The molecule has 1 N–H and O–H groups in total. The number of hydrogen-bond acceptors (Lipinski definition) is 1. The van der Waals surface area contributed by atoms with E-state index in [-0.39, 0.29) is 5.69 Å². The van der Waals surface area contributed by atoms with Crippen LogP contribution >= 0.6 is 11.6 Å². The SMILES string of the molecule is CCCCCc1ccc(C(=O)Nc2ccc(Cl)c(C(F)(F)F)c2)cc1. The number of amides is 1. The number of aryl methyl sites for hydroxylation is 1. The third-order valence-corrected chi connectivity index (χ3v) is 4.14. The molecule has 0 aliphatic rings. The van der Waals surface area contributed by atoms with Crippen molar-refractivity contribution >= 4 is 23.2 Å². The fourth-order valence-corrected chi connectivity index (χ4v) is 2.65. The predicted molar refractivity (Wildman–Crippen MR) is 94.1 cm³/mol. The van der Waals surface area contributed by atoms with Crippen LogP contribution in [0.3, 0.4) is 0 Å². The molecule has 0 radical (unpaired) electrons. The van der Waals surface area contributed by atoms with Crippen molar-refractivity contribution in [3.63, 3.8) is 0 Å². The van der Waals surface area contributed by atoms with Crippen molar-refractivity contribution in [2.24, 2.45) is 0 Å². The quantitative estimate of drug-likeness (QED) is 0.591. The molecule has 2 rings (SSSR count). The second-order valence-electron chi connectivity index (χ2n) is 5.80. The predicted octanol–water partition coefficient (Wildman–Crippen LogP) is 6.34. The Balaban J connectivity index is 2.07. The maximum atomic E-state index is 12.9. The molecule has 0 aliphatic carbocycles. The lowest BCUT2D eigenvalue weighted by atomic mass is 10.0. The van der Waals surface area contributed by atoms with Gasteiger partial charge in [-0.1, -0.05) is 43.5 Å². The van der Waals surface area contributed by atoms with Crippen LogP contribution in [0.5, 0.6) is 0 Å². The number of benzene rings is 2. The van der Waals surface area contributed by atoms with Crippen molar-refractivity contribution in [2.75, 3.05) is 5.32 Å². The highest BCUT2D eigenvalue weighted by atomic mass is 35.5. The van der Waals surface area contributed by atoms with Gasteiger partial charge in [0.15, 0.2) is 0 Å². The minimum absolute atomic E-state index is 0.0498. The minimum atomic E-state index is -4.57. The zero-order valence-electron chi connectivity index (χ0n) is 13.8. The molecule has 2 aromatic rings. The number of alkyl halides is 3. The molecule has 0 aromatic heterocycles. The lowest BCUT2D eigenvalue weighted by Gasteiger charge is -2.12. The summed E-state index contributed by atoms with van der Waals surface area (Å²) < 4.78 is 38.6. The topological polar surface area (TPSA) is 29.1 Å². The number of rotatable bonds is 6. The fraction of sp³-hybridized carbons (Fsp3) is 0.316. The van der Waals surface area contributed by atoms with Crippen molar-refractivity contribution in [3.8, 4) is 0 Å². The standard InChI is InChI=1S/C19H19ClF3NO/c1-2-3-4-5-13-6-8-14(9-7-13)18(25)24-15-10-11-17(20)16(12-15)19(21,22)23/h6-12H,2-5H2,1H3,(H,24,25). The molecule has 0 heterocycles. The number of unbranched alkanes of at least 4 members (excludes halogenated alkanes) is 2. The van der Waals surface area contributed by atoms with Crippen LogP contribution in [-0.2, 0) is 12.6 Å². The fourth-order valence-electron chi connectivity index (χ4n) is 2.43. The first-order valence-electron chi connectivity index (χ1n) is 8.08. The maximum absolute atomic E-state index is 12.9. The molecular weight excluding hydrogens is 351 g/mol. The second kappa shape index (κ2) is 8.39. The smallest absolute Gasteiger partial charge is 0.322 e. The molecule has 2 nitrogen and oxygen atoms in total. The van der Waals surface area contributed by atoms with Crippen molar-refractivity contribution in [1.29, 1.82) is 0 Å². The van der Waals surface area contributed by atoms with Gasteiger partial charge < -0.3 is 5.32 Å². The molecule has 0 aliphatic heterocycles. The van der Waals surface area contributed by atoms with Gasteiger partial charge in [0.1, 0.15) is 0 Å². The normalized spacial score (nSPS) is 11.4. The highest BCUT2D eigenvalue weighted by molar-refractivity contribution is 6.31. The lowest BCUT2D eigenvalue weighted by Crippen LogP contribution is -2.13. The molecule has 0 unspecified atom stereocenters. The Hall–Kier alpha value is -2.01. The summed E-state index contributed by atoms with van der Waals surface area (Å²) in [6, 6.07) is 10.4. The average Bonchev–Trinajstić information content (AvgIpc) is 2.56. The molecule has 6 heteroatoms. The average molecular weight is 370 g/mol. The third-order valence-electron chi connectivity index (χ3n) is 3.81. The van der Waals surface area contributed by atoms with Gasteiger partial charge in [0.25, 0.3) is 5.91 Å². The summed E-state index contributed by atoms with van der Waals surface area (Å²) in [6.07, 6.45) is -0.241. The molecule has 0 spiro atoms. The van der Waals surface area contributed by atoms with Crippen molar-refractivity contribution in [3.05, 3.63) is 64.2 Å². The van der Waals surface area contributed by atoms with E-state index in [0.717, 1.165) is 43.4 Å². The number of halogens is 4. The first-order valence-corrected chi connectivity index (χ1v) is 8.46. The Labute approximate surface area is 150 Å². The van der Waals surface area contributed by atoms with Crippen molar-refractivity contribution in [1.82, 2.24) is 0 Å². The van der Waals surface area contributed by atoms with Gasteiger partial charge >= 0.3 is 6.18 Å². The zero-order valence-corrected chi connectivity index (χ0v) is 14.5. The van der Waals surface area contributed by atoms with E-state index in [9.17, 15) is 18.0 Å². The van der Waals surface area contributed by atoms with Crippen molar-refractivity contribution in [2.45, 2.75) is 38.8 Å². The lowest BCUT2D eigenvalue weighted by molar-refractivity contribution is -0.137. The number of anilines is 1. The van der Waals surface area contributed by atoms with Gasteiger partial charge in [0.2, 0.25) is 0 Å². The number of carbonyl (C=O) groups is 1. The molecular formula is C19H19ClF3NO. The monoisotopic (exact) mass is 369 g/mol. The number of nitrogens with one attached hydrogen (secondary N) is 1. The van der Waals surface area contributed by atoms with Gasteiger partial charge in [-0.3, -0.25) is 4.79 Å². The van der Waals surface area contributed by atoms with Gasteiger partial charge in [0, 0.05) is 11.3 Å². The van der Waals surface area contributed by atoms with Gasteiger partial charge in [-0.05, 0) is 48.7 Å². The summed E-state index contributed by atoms with van der Waals surface area (Å²) >= 11 is 5.57. The van der Waals surface area contributed by atoms with Crippen LogP contribution < -0.4 is 5.32 Å². The van der Waals surface area contributed by atoms with E-state index in [0.29, 0.717) is 5.56 Å². The molecule has 0 saturated carbocycles. The third kappa shape index (κ3) is 5.49. The summed E-state index contributed by atoms with van der Waals surface area (Å²) in [5, 5.41) is 2.07. The van der Waals surface area contributed by atoms with E-state index in [1.165, 1.54) is 6.07 Å². The van der Waals surface area contributed by atoms with E-state index in [1.54, 1.807) is 12.1 Å². The summed E-state index contributed by atoms with van der Waals surface area (Å²) in [6.45, 7) is 2.13. The molecule has 0 fully saturated rings. The van der Waals surface area contributed by atoms with E-state index < -0.39 is 22.7 Å². The summed E-state index contributed by atoms with van der Waals surface area (Å²) in [7, 11) is 0. The Kier molecular flexibility index (Phi) is 6.48. The number of carbonyl (C=O) groups excluding carboxylic acids is 1. The van der Waals surface area contributed by atoms with Gasteiger partial charge in [-0.15, -0.1) is 0 Å². The summed E-state index contributed by atoms with van der Waals surface area (Å²) in [4.78, 5) is 12.2. The first kappa shape index (κ1) is 19.3. The Morgan fingerprint density at radius 1 is 1.08 bits per heavy atom. The van der Waals surface area contributed by atoms with E-state index in [4.69, 9.17) is 11.6 Å². The van der Waals surface area contributed by atoms with E-state index in [2.05, 4.69) is 12.2 Å². The molecule has 0 atom stereocenters. The zero-order chi connectivity index (χ0) is 18.4. The van der Waals surface area contributed by atoms with E-state index in [1.807, 2.05) is 12.1 Å². The maximum Gasteiger partial charge on any atom is 0.417 e. The van der Waals surface area contributed by atoms with Gasteiger partial charge in [-0.25, -0.2) is 0 Å². The van der Waals surface area contributed by atoms with Gasteiger partial charge in [0.05, 0.1) is 10.6 Å². The van der Waals surface area contributed by atoms with Crippen LogP contribution in [0.25, 0.3) is 0 Å². The molecule has 0 saturated heterocycles. The molecule has 2 aromatic carbocycles.